The number of hydrogen-bond donors (Lipinski definition) is 1. The van der Waals surface area contributed by atoms with Gasteiger partial charge in [0, 0.05) is 12.0 Å². The van der Waals surface area contributed by atoms with Crippen molar-refractivity contribution in [3.05, 3.63) is 0 Å². The lowest BCUT2D eigenvalue weighted by Gasteiger charge is -2.47. The van der Waals surface area contributed by atoms with E-state index in [1.165, 1.54) is 0 Å². The number of esters is 1. The van der Waals surface area contributed by atoms with Gasteiger partial charge in [-0.25, -0.2) is 0 Å². The van der Waals surface area contributed by atoms with Gasteiger partial charge in [-0.2, -0.15) is 0 Å². The Hall–Kier alpha value is -1.39. The van der Waals surface area contributed by atoms with Crippen LogP contribution in [-0.2, 0) is 19.1 Å². The van der Waals surface area contributed by atoms with Crippen molar-refractivity contribution in [3.8, 4) is 0 Å². The van der Waals surface area contributed by atoms with Gasteiger partial charge in [-0.15, -0.1) is 0 Å². The molecule has 1 heterocycles. The summed E-state index contributed by atoms with van der Waals surface area (Å²) in [6, 6.07) is 0. The lowest BCUT2D eigenvalue weighted by atomic mass is 9.58. The Balaban J connectivity index is 1.92. The summed E-state index contributed by atoms with van der Waals surface area (Å²) < 4.78 is 5.29. The van der Waals surface area contributed by atoms with Crippen LogP contribution in [0.4, 0.5) is 0 Å². The van der Waals surface area contributed by atoms with E-state index in [0.29, 0.717) is 19.4 Å². The predicted octanol–water partition coefficient (Wildman–Crippen LogP) is 0.813. The molecular weight excluding hydrogens is 234 g/mol. The van der Waals surface area contributed by atoms with E-state index < -0.39 is 11.0 Å². The molecule has 18 heavy (non-hydrogen) atoms. The Morgan fingerprint density at radius 3 is 2.44 bits per heavy atom. The second-order valence-electron chi connectivity index (χ2n) is 6.30. The van der Waals surface area contributed by atoms with Gasteiger partial charge in [0.1, 0.15) is 11.4 Å². The molecule has 2 fully saturated rings. The third-order valence-corrected chi connectivity index (χ3v) is 3.55. The largest absolute Gasteiger partial charge is 0.460 e. The second-order valence-corrected chi connectivity index (χ2v) is 6.30. The summed E-state index contributed by atoms with van der Waals surface area (Å²) >= 11 is 0. The van der Waals surface area contributed by atoms with Crippen LogP contribution in [-0.4, -0.2) is 29.8 Å². The number of carbonyl (C=O) groups excluding carboxylic acids is 3. The molecule has 1 amide bonds. The van der Waals surface area contributed by atoms with Crippen molar-refractivity contribution in [3.63, 3.8) is 0 Å². The van der Waals surface area contributed by atoms with Crippen LogP contribution in [0.15, 0.2) is 0 Å². The summed E-state index contributed by atoms with van der Waals surface area (Å²) in [5.41, 5.74) is -1.000. The zero-order chi connectivity index (χ0) is 13.6. The zero-order valence-electron chi connectivity index (χ0n) is 11.0. The molecule has 1 aliphatic carbocycles. The van der Waals surface area contributed by atoms with Crippen LogP contribution in [0.5, 0.6) is 0 Å². The fraction of sp³-hybridized carbons (Fsp3) is 0.769. The Morgan fingerprint density at radius 1 is 1.33 bits per heavy atom. The Bertz CT molecular complexity index is 402. The van der Waals surface area contributed by atoms with Crippen molar-refractivity contribution in [1.82, 2.24) is 5.32 Å². The van der Waals surface area contributed by atoms with Crippen molar-refractivity contribution >= 4 is 17.7 Å². The lowest BCUT2D eigenvalue weighted by Crippen LogP contribution is -2.58. The monoisotopic (exact) mass is 253 g/mol. The number of ether oxygens (including phenoxy) is 1. The highest BCUT2D eigenvalue weighted by molar-refractivity contribution is 6.04. The van der Waals surface area contributed by atoms with Gasteiger partial charge in [0.2, 0.25) is 5.91 Å². The first-order valence-corrected chi connectivity index (χ1v) is 6.25. The molecule has 0 aromatic rings. The van der Waals surface area contributed by atoms with Gasteiger partial charge in [-0.1, -0.05) is 0 Å². The van der Waals surface area contributed by atoms with Gasteiger partial charge in [0.15, 0.2) is 0 Å². The minimum Gasteiger partial charge on any atom is -0.460 e. The third-order valence-electron chi connectivity index (χ3n) is 3.55. The van der Waals surface area contributed by atoms with Crippen molar-refractivity contribution in [1.29, 1.82) is 0 Å². The Morgan fingerprint density at radius 2 is 1.94 bits per heavy atom. The number of carbonyl (C=O) groups is 3. The molecule has 2 rings (SSSR count). The highest BCUT2D eigenvalue weighted by Gasteiger charge is 2.54. The van der Waals surface area contributed by atoms with Crippen LogP contribution in [0.25, 0.3) is 0 Å². The first-order chi connectivity index (χ1) is 8.22. The number of rotatable bonds is 1. The first kappa shape index (κ1) is 13.1. The summed E-state index contributed by atoms with van der Waals surface area (Å²) in [6.45, 7) is 5.84. The smallest absolute Gasteiger partial charge is 0.309 e. The molecule has 2 aliphatic rings. The summed E-state index contributed by atoms with van der Waals surface area (Å²) in [5.74, 6) is -0.696. The van der Waals surface area contributed by atoms with E-state index >= 15 is 0 Å². The maximum absolute atomic E-state index is 11.8. The predicted molar refractivity (Wildman–Crippen MR) is 63.6 cm³/mol. The maximum Gasteiger partial charge on any atom is 0.309 e. The van der Waals surface area contributed by atoms with Crippen molar-refractivity contribution < 1.29 is 19.1 Å². The number of hydrogen-bond acceptors (Lipinski definition) is 4. The lowest BCUT2D eigenvalue weighted by molar-refractivity contribution is -0.171. The first-order valence-electron chi connectivity index (χ1n) is 6.25. The van der Waals surface area contributed by atoms with Crippen molar-refractivity contribution in [2.45, 2.75) is 45.6 Å². The fourth-order valence-corrected chi connectivity index (χ4v) is 2.57. The molecule has 0 radical (unpaired) electrons. The van der Waals surface area contributed by atoms with E-state index in [2.05, 4.69) is 5.32 Å². The Kier molecular flexibility index (Phi) is 2.95. The number of nitrogens with one attached hydrogen (secondary N) is 1. The van der Waals surface area contributed by atoms with Crippen LogP contribution >= 0.6 is 0 Å². The molecule has 100 valence electrons. The second kappa shape index (κ2) is 4.07. The van der Waals surface area contributed by atoms with Gasteiger partial charge in [0.25, 0.3) is 0 Å². The topological polar surface area (TPSA) is 72.5 Å². The molecule has 1 saturated heterocycles. The standard InChI is InChI=1S/C13H19NO4/c1-12(2,3)18-11(17)8-5-13(6-8)7-14-10(16)4-9(13)15/h8H,4-7H2,1-3H3,(H,14,16). The molecule has 0 aromatic heterocycles. The van der Waals surface area contributed by atoms with Gasteiger partial charge in [-0.05, 0) is 33.6 Å². The molecule has 1 spiro atoms. The number of amides is 1. The average Bonchev–Trinajstić information content (AvgIpc) is 2.11. The van der Waals surface area contributed by atoms with Crippen molar-refractivity contribution in [2.75, 3.05) is 6.54 Å². The van der Waals surface area contributed by atoms with Crippen LogP contribution < -0.4 is 5.32 Å². The number of Topliss-reactive ketones (excluding diaryl/α,β-unsaturated/α-hetero) is 1. The van der Waals surface area contributed by atoms with Gasteiger partial charge >= 0.3 is 5.97 Å². The Labute approximate surface area is 106 Å². The molecule has 1 saturated carbocycles. The van der Waals surface area contributed by atoms with Crippen LogP contribution in [0.3, 0.4) is 0 Å². The molecule has 0 unspecified atom stereocenters. The molecular formula is C13H19NO4. The summed E-state index contributed by atoms with van der Waals surface area (Å²) in [4.78, 5) is 34.7. The van der Waals surface area contributed by atoms with E-state index in [0.717, 1.165) is 0 Å². The summed E-state index contributed by atoms with van der Waals surface area (Å²) in [7, 11) is 0. The molecule has 0 atom stereocenters. The minimum atomic E-state index is -0.504. The number of piperidine rings is 1. The third kappa shape index (κ3) is 2.40. The maximum atomic E-state index is 11.8. The van der Waals surface area contributed by atoms with Crippen molar-refractivity contribution in [2.24, 2.45) is 11.3 Å². The summed E-state index contributed by atoms with van der Waals surface area (Å²) in [5, 5.41) is 2.70. The average molecular weight is 253 g/mol. The molecule has 1 N–H and O–H groups in total. The van der Waals surface area contributed by atoms with Crippen LogP contribution in [0.2, 0.25) is 0 Å². The molecule has 0 bridgehead atoms. The fourth-order valence-electron chi connectivity index (χ4n) is 2.57. The zero-order valence-corrected chi connectivity index (χ0v) is 11.0. The molecule has 5 nitrogen and oxygen atoms in total. The molecule has 0 aromatic carbocycles. The van der Waals surface area contributed by atoms with Crippen LogP contribution in [0, 0.1) is 11.3 Å². The molecule has 5 heteroatoms. The SMILES string of the molecule is CC(C)(C)OC(=O)C1CC2(CNC(=O)CC2=O)C1. The van der Waals surface area contributed by atoms with Crippen LogP contribution in [0.1, 0.15) is 40.0 Å². The van der Waals surface area contributed by atoms with E-state index in [-0.39, 0.29) is 30.0 Å². The number of ketones is 1. The van der Waals surface area contributed by atoms with E-state index in [9.17, 15) is 14.4 Å². The molecule has 1 aliphatic heterocycles. The van der Waals surface area contributed by atoms with Gasteiger partial charge < -0.3 is 10.1 Å². The minimum absolute atomic E-state index is 0.0361. The van der Waals surface area contributed by atoms with E-state index in [1.807, 2.05) is 20.8 Å². The van der Waals surface area contributed by atoms with E-state index in [4.69, 9.17) is 4.74 Å². The van der Waals surface area contributed by atoms with Gasteiger partial charge in [-0.3, -0.25) is 14.4 Å². The van der Waals surface area contributed by atoms with E-state index in [1.54, 1.807) is 0 Å². The highest BCUT2D eigenvalue weighted by Crippen LogP contribution is 2.48. The quantitative estimate of drug-likeness (QED) is 0.554. The van der Waals surface area contributed by atoms with Gasteiger partial charge in [0.05, 0.1) is 12.3 Å². The normalized spacial score (nSPS) is 31.8. The highest BCUT2D eigenvalue weighted by atomic mass is 16.6. The summed E-state index contributed by atoms with van der Waals surface area (Å²) in [6.07, 6.45) is 0.948.